The first-order chi connectivity index (χ1) is 7.22. The normalized spacial score (nSPS) is 10.6. The van der Waals surface area contributed by atoms with Crippen LogP contribution in [0.25, 0.3) is 6.08 Å². The summed E-state index contributed by atoms with van der Waals surface area (Å²) < 4.78 is 0. The summed E-state index contributed by atoms with van der Waals surface area (Å²) in [6, 6.07) is 11.2. The molecule has 0 atom stereocenters. The molecule has 4 heteroatoms. The van der Waals surface area contributed by atoms with Gasteiger partial charge in [0.25, 0.3) is 0 Å². The first kappa shape index (κ1) is 13.6. The van der Waals surface area contributed by atoms with Gasteiger partial charge in [0.15, 0.2) is 0 Å². The number of allylic oxidation sites excluding steroid dienone is 2. The molecule has 82 valence electrons. The fraction of sp³-hybridized carbons (Fsp3) is 0. The molecule has 0 spiro atoms. The van der Waals surface area contributed by atoms with Crippen LogP contribution in [0.4, 0.5) is 0 Å². The number of hydrogen-bond acceptors (Lipinski definition) is 3. The van der Waals surface area contributed by atoms with E-state index in [2.05, 4.69) is 0 Å². The molecular formula is C12H12N2O2. The third-order valence-corrected chi connectivity index (χ3v) is 1.66. The summed E-state index contributed by atoms with van der Waals surface area (Å²) in [4.78, 5) is 10.3. The molecule has 0 saturated heterocycles. The number of carboxylic acid groups (broad SMARTS) is 1. The Bertz CT molecular complexity index is 442. The molecule has 0 aliphatic carbocycles. The molecule has 1 rings (SSSR count). The van der Waals surface area contributed by atoms with E-state index in [0.717, 1.165) is 11.6 Å². The SMILES string of the molecule is N.N#CC(C=Cc1ccccc1)=CC(=O)O. The van der Waals surface area contributed by atoms with Crippen molar-refractivity contribution in [3.63, 3.8) is 0 Å². The molecule has 0 unspecified atom stereocenters. The minimum absolute atomic E-state index is 0. The van der Waals surface area contributed by atoms with Gasteiger partial charge < -0.3 is 11.3 Å². The van der Waals surface area contributed by atoms with Crippen molar-refractivity contribution in [2.24, 2.45) is 0 Å². The van der Waals surface area contributed by atoms with Gasteiger partial charge in [0.2, 0.25) is 0 Å². The molecule has 0 aromatic heterocycles. The zero-order valence-electron chi connectivity index (χ0n) is 8.63. The molecule has 0 amide bonds. The largest absolute Gasteiger partial charge is 0.478 e. The van der Waals surface area contributed by atoms with Crippen LogP contribution in [0.1, 0.15) is 5.56 Å². The lowest BCUT2D eigenvalue weighted by atomic mass is 10.1. The number of carboxylic acids is 1. The second kappa shape index (κ2) is 6.98. The maximum absolute atomic E-state index is 10.3. The van der Waals surface area contributed by atoms with Crippen molar-refractivity contribution in [3.8, 4) is 6.07 Å². The number of nitriles is 1. The van der Waals surface area contributed by atoms with E-state index in [1.165, 1.54) is 6.08 Å². The van der Waals surface area contributed by atoms with Gasteiger partial charge in [-0.3, -0.25) is 0 Å². The predicted molar refractivity (Wildman–Crippen MR) is 61.8 cm³/mol. The van der Waals surface area contributed by atoms with E-state index in [4.69, 9.17) is 10.4 Å². The van der Waals surface area contributed by atoms with E-state index in [1.807, 2.05) is 30.3 Å². The van der Waals surface area contributed by atoms with Gasteiger partial charge in [-0.2, -0.15) is 5.26 Å². The topological polar surface area (TPSA) is 96.1 Å². The molecule has 16 heavy (non-hydrogen) atoms. The summed E-state index contributed by atoms with van der Waals surface area (Å²) >= 11 is 0. The highest BCUT2D eigenvalue weighted by atomic mass is 16.4. The second-order valence-electron chi connectivity index (χ2n) is 2.79. The lowest BCUT2D eigenvalue weighted by Crippen LogP contribution is -1.88. The van der Waals surface area contributed by atoms with E-state index in [1.54, 1.807) is 12.1 Å². The summed E-state index contributed by atoms with van der Waals surface area (Å²) in [5.74, 6) is -1.12. The molecular weight excluding hydrogens is 204 g/mol. The standard InChI is InChI=1S/C12H9NO2.H3N/c13-9-11(8-12(14)15)7-6-10-4-2-1-3-5-10;/h1-8H,(H,14,15);1H3. The molecule has 0 radical (unpaired) electrons. The minimum atomic E-state index is -1.12. The zero-order chi connectivity index (χ0) is 11.1. The summed E-state index contributed by atoms with van der Waals surface area (Å²) in [6.07, 6.45) is 4.04. The summed E-state index contributed by atoms with van der Waals surface area (Å²) in [7, 11) is 0. The number of nitrogens with zero attached hydrogens (tertiary/aromatic N) is 1. The number of hydrogen-bond donors (Lipinski definition) is 2. The average Bonchev–Trinajstić information content (AvgIpc) is 2.25. The van der Waals surface area contributed by atoms with Crippen LogP contribution in [0, 0.1) is 11.3 Å². The molecule has 4 N–H and O–H groups in total. The Hall–Kier alpha value is -2.38. The monoisotopic (exact) mass is 216 g/mol. The van der Waals surface area contributed by atoms with Gasteiger partial charge in [-0.15, -0.1) is 0 Å². The van der Waals surface area contributed by atoms with Gasteiger partial charge in [0.1, 0.15) is 0 Å². The van der Waals surface area contributed by atoms with Crippen LogP contribution < -0.4 is 6.15 Å². The van der Waals surface area contributed by atoms with Crippen molar-refractivity contribution >= 4 is 12.0 Å². The van der Waals surface area contributed by atoms with E-state index >= 15 is 0 Å². The Balaban J connectivity index is 0.00000225. The van der Waals surface area contributed by atoms with E-state index in [0.29, 0.717) is 0 Å². The average molecular weight is 216 g/mol. The number of carbonyl (C=O) groups is 1. The van der Waals surface area contributed by atoms with Crippen molar-refractivity contribution in [1.82, 2.24) is 6.15 Å². The predicted octanol–water partition coefficient (Wildman–Crippen LogP) is 2.40. The number of rotatable bonds is 3. The molecule has 0 bridgehead atoms. The molecule has 1 aromatic rings. The highest BCUT2D eigenvalue weighted by Gasteiger charge is 1.94. The smallest absolute Gasteiger partial charge is 0.329 e. The van der Waals surface area contributed by atoms with Crippen LogP contribution in [0.2, 0.25) is 0 Å². The van der Waals surface area contributed by atoms with Crippen LogP contribution in [0.3, 0.4) is 0 Å². The molecule has 1 aromatic carbocycles. The van der Waals surface area contributed by atoms with Crippen molar-refractivity contribution in [2.75, 3.05) is 0 Å². The summed E-state index contributed by atoms with van der Waals surface area (Å²) in [5, 5.41) is 17.1. The Labute approximate surface area is 93.7 Å². The molecule has 0 heterocycles. The van der Waals surface area contributed by atoms with Crippen molar-refractivity contribution in [3.05, 3.63) is 53.6 Å². The summed E-state index contributed by atoms with van der Waals surface area (Å²) in [6.45, 7) is 0. The maximum atomic E-state index is 10.3. The van der Waals surface area contributed by atoms with Crippen molar-refractivity contribution in [2.45, 2.75) is 0 Å². The van der Waals surface area contributed by atoms with Gasteiger partial charge in [-0.05, 0) is 11.6 Å². The lowest BCUT2D eigenvalue weighted by Gasteiger charge is -1.90. The van der Waals surface area contributed by atoms with Gasteiger partial charge in [0.05, 0.1) is 11.6 Å². The first-order valence-corrected chi connectivity index (χ1v) is 4.30. The molecule has 0 saturated carbocycles. The summed E-state index contributed by atoms with van der Waals surface area (Å²) in [5.41, 5.74) is 1.04. The number of benzene rings is 1. The van der Waals surface area contributed by atoms with Crippen molar-refractivity contribution < 1.29 is 9.90 Å². The highest BCUT2D eigenvalue weighted by Crippen LogP contribution is 2.04. The Kier molecular flexibility index (Phi) is 5.95. The lowest BCUT2D eigenvalue weighted by molar-refractivity contribution is -0.131. The quantitative estimate of drug-likeness (QED) is 0.460. The van der Waals surface area contributed by atoms with Crippen LogP contribution in [0.5, 0.6) is 0 Å². The van der Waals surface area contributed by atoms with E-state index in [9.17, 15) is 4.79 Å². The van der Waals surface area contributed by atoms with Gasteiger partial charge in [-0.25, -0.2) is 4.79 Å². The van der Waals surface area contributed by atoms with Crippen molar-refractivity contribution in [1.29, 1.82) is 5.26 Å². The molecule has 0 fully saturated rings. The highest BCUT2D eigenvalue weighted by molar-refractivity contribution is 5.82. The Morgan fingerprint density at radius 1 is 1.31 bits per heavy atom. The molecule has 0 aliphatic rings. The van der Waals surface area contributed by atoms with Gasteiger partial charge in [0, 0.05) is 6.08 Å². The van der Waals surface area contributed by atoms with Crippen LogP contribution >= 0.6 is 0 Å². The fourth-order valence-electron chi connectivity index (χ4n) is 1.00. The minimum Gasteiger partial charge on any atom is -0.478 e. The van der Waals surface area contributed by atoms with E-state index < -0.39 is 5.97 Å². The fourth-order valence-corrected chi connectivity index (χ4v) is 1.00. The van der Waals surface area contributed by atoms with E-state index in [-0.39, 0.29) is 11.7 Å². The third-order valence-electron chi connectivity index (χ3n) is 1.66. The maximum Gasteiger partial charge on any atom is 0.329 e. The van der Waals surface area contributed by atoms with Crippen LogP contribution in [-0.2, 0) is 4.79 Å². The first-order valence-electron chi connectivity index (χ1n) is 4.30. The second-order valence-corrected chi connectivity index (χ2v) is 2.79. The van der Waals surface area contributed by atoms with Gasteiger partial charge >= 0.3 is 5.97 Å². The zero-order valence-corrected chi connectivity index (χ0v) is 8.63. The third kappa shape index (κ3) is 4.74. The Morgan fingerprint density at radius 2 is 1.94 bits per heavy atom. The number of aliphatic carboxylic acids is 1. The Morgan fingerprint density at radius 3 is 2.44 bits per heavy atom. The molecule has 0 aliphatic heterocycles. The molecule has 4 nitrogen and oxygen atoms in total. The van der Waals surface area contributed by atoms with Crippen LogP contribution in [0.15, 0.2) is 48.1 Å². The van der Waals surface area contributed by atoms with Gasteiger partial charge in [-0.1, -0.05) is 36.4 Å². The van der Waals surface area contributed by atoms with Crippen LogP contribution in [-0.4, -0.2) is 11.1 Å².